The lowest BCUT2D eigenvalue weighted by Gasteiger charge is -2.11. The first-order chi connectivity index (χ1) is 13.1. The number of aryl methyl sites for hydroxylation is 1. The number of nitrogens with one attached hydrogen (secondary N) is 2. The smallest absolute Gasteiger partial charge is 0.255 e. The molecule has 1 aromatic carbocycles. The Balaban J connectivity index is 1.68. The van der Waals surface area contributed by atoms with Gasteiger partial charge in [0.1, 0.15) is 0 Å². The molecule has 3 rings (SSSR count). The Morgan fingerprint density at radius 2 is 1.78 bits per heavy atom. The topological polar surface area (TPSA) is 84.0 Å². The van der Waals surface area contributed by atoms with Crippen molar-refractivity contribution in [2.75, 3.05) is 10.6 Å². The fraction of sp³-hybridized carbons (Fsp3) is 0.0476. The van der Waals surface area contributed by atoms with Gasteiger partial charge in [0.2, 0.25) is 5.91 Å². The van der Waals surface area contributed by atoms with Gasteiger partial charge in [-0.2, -0.15) is 0 Å². The van der Waals surface area contributed by atoms with Crippen LogP contribution in [0.5, 0.6) is 0 Å². The van der Waals surface area contributed by atoms with Crippen LogP contribution in [0.4, 0.5) is 11.4 Å². The molecule has 6 nitrogen and oxygen atoms in total. The summed E-state index contributed by atoms with van der Waals surface area (Å²) in [7, 11) is 0. The number of hydrogen-bond donors (Lipinski definition) is 2. The number of pyridine rings is 2. The van der Waals surface area contributed by atoms with Crippen molar-refractivity contribution < 1.29 is 9.59 Å². The van der Waals surface area contributed by atoms with E-state index in [1.165, 1.54) is 6.08 Å². The minimum atomic E-state index is -0.282. The maximum atomic E-state index is 12.3. The molecule has 3 aromatic rings. The molecule has 0 aliphatic carbocycles. The van der Waals surface area contributed by atoms with Gasteiger partial charge in [0.25, 0.3) is 5.91 Å². The average Bonchev–Trinajstić information content (AvgIpc) is 2.70. The highest BCUT2D eigenvalue weighted by Gasteiger charge is 2.09. The van der Waals surface area contributed by atoms with Crippen LogP contribution in [0.25, 0.3) is 6.08 Å². The highest BCUT2D eigenvalue weighted by atomic mass is 16.2. The number of amides is 2. The Hall–Kier alpha value is -3.80. The van der Waals surface area contributed by atoms with Crippen LogP contribution in [0.15, 0.2) is 73.2 Å². The highest BCUT2D eigenvalue weighted by molar-refractivity contribution is 6.05. The molecule has 0 unspecified atom stereocenters. The normalized spacial score (nSPS) is 10.6. The molecule has 2 aromatic heterocycles. The van der Waals surface area contributed by atoms with Gasteiger partial charge in [0.05, 0.1) is 5.69 Å². The first-order valence-electron chi connectivity index (χ1n) is 8.34. The quantitative estimate of drug-likeness (QED) is 0.681. The number of nitrogens with zero attached hydrogens (tertiary/aromatic N) is 2. The molecular weight excluding hydrogens is 340 g/mol. The Bertz CT molecular complexity index is 970. The molecule has 2 N–H and O–H groups in total. The first kappa shape index (κ1) is 18.0. The minimum absolute atomic E-state index is 0.237. The zero-order valence-electron chi connectivity index (χ0n) is 14.7. The third-order valence-electron chi connectivity index (χ3n) is 3.79. The first-order valence-corrected chi connectivity index (χ1v) is 8.34. The van der Waals surface area contributed by atoms with Gasteiger partial charge in [-0.15, -0.1) is 0 Å². The molecule has 0 fully saturated rings. The Morgan fingerprint density at radius 1 is 0.963 bits per heavy atom. The molecule has 0 atom stereocenters. The lowest BCUT2D eigenvalue weighted by Crippen LogP contribution is -2.14. The summed E-state index contributed by atoms with van der Waals surface area (Å²) in [5.74, 6) is -0.519. The molecule has 0 aliphatic heterocycles. The van der Waals surface area contributed by atoms with Crippen LogP contribution >= 0.6 is 0 Å². The summed E-state index contributed by atoms with van der Waals surface area (Å²) in [5, 5.41) is 5.63. The van der Waals surface area contributed by atoms with E-state index in [2.05, 4.69) is 20.6 Å². The molecular formula is C21H18N4O2. The number of rotatable bonds is 5. The maximum absolute atomic E-state index is 12.3. The van der Waals surface area contributed by atoms with Crippen molar-refractivity contribution in [3.63, 3.8) is 0 Å². The maximum Gasteiger partial charge on any atom is 0.255 e. The standard InChI is InChI=1S/C21H18N4O2/c1-15-5-6-18(24-20(26)8-7-17-4-2-3-11-23-17)14-19(15)25-21(27)16-9-12-22-13-10-16/h2-14H,1H3,(H,24,26)(H,25,27). The molecule has 0 saturated carbocycles. The summed E-state index contributed by atoms with van der Waals surface area (Å²) in [6.45, 7) is 1.88. The second kappa shape index (κ2) is 8.53. The summed E-state index contributed by atoms with van der Waals surface area (Å²) < 4.78 is 0. The van der Waals surface area contributed by atoms with Gasteiger partial charge in [-0.1, -0.05) is 12.1 Å². The van der Waals surface area contributed by atoms with Gasteiger partial charge in [0, 0.05) is 41.6 Å². The van der Waals surface area contributed by atoms with E-state index in [1.807, 2.05) is 31.2 Å². The summed E-state index contributed by atoms with van der Waals surface area (Å²) in [6.07, 6.45) is 7.83. The molecule has 0 radical (unpaired) electrons. The summed E-state index contributed by atoms with van der Waals surface area (Å²) in [6, 6.07) is 14.1. The van der Waals surface area contributed by atoms with Crippen molar-refractivity contribution in [3.8, 4) is 0 Å². The van der Waals surface area contributed by atoms with E-state index >= 15 is 0 Å². The summed E-state index contributed by atoms with van der Waals surface area (Å²) in [4.78, 5) is 32.4. The zero-order chi connectivity index (χ0) is 19.1. The Labute approximate surface area is 157 Å². The van der Waals surface area contributed by atoms with Crippen molar-refractivity contribution in [2.24, 2.45) is 0 Å². The molecule has 0 spiro atoms. The van der Waals surface area contributed by atoms with Crippen molar-refractivity contribution in [2.45, 2.75) is 6.92 Å². The van der Waals surface area contributed by atoms with Crippen LogP contribution in [0.2, 0.25) is 0 Å². The van der Waals surface area contributed by atoms with Crippen LogP contribution in [-0.2, 0) is 4.79 Å². The lowest BCUT2D eigenvalue weighted by atomic mass is 10.1. The number of hydrogen-bond acceptors (Lipinski definition) is 4. The molecule has 27 heavy (non-hydrogen) atoms. The zero-order valence-corrected chi connectivity index (χ0v) is 14.7. The number of carbonyl (C=O) groups excluding carboxylic acids is 2. The Morgan fingerprint density at radius 3 is 2.52 bits per heavy atom. The number of aromatic nitrogens is 2. The van der Waals surface area contributed by atoms with Crippen LogP contribution in [0.1, 0.15) is 21.6 Å². The average molecular weight is 358 g/mol. The molecule has 0 saturated heterocycles. The van der Waals surface area contributed by atoms with Crippen LogP contribution in [0, 0.1) is 6.92 Å². The molecule has 2 heterocycles. The summed E-state index contributed by atoms with van der Waals surface area (Å²) in [5.41, 5.74) is 3.31. The molecule has 2 amide bonds. The van der Waals surface area contributed by atoms with Gasteiger partial charge in [-0.25, -0.2) is 0 Å². The second-order valence-electron chi connectivity index (χ2n) is 5.80. The molecule has 134 valence electrons. The van der Waals surface area contributed by atoms with Crippen molar-refractivity contribution >= 4 is 29.3 Å². The third kappa shape index (κ3) is 5.09. The third-order valence-corrected chi connectivity index (χ3v) is 3.79. The predicted octanol–water partition coefficient (Wildman–Crippen LogP) is 3.69. The fourth-order valence-electron chi connectivity index (χ4n) is 2.35. The number of benzene rings is 1. The van der Waals surface area contributed by atoms with Crippen molar-refractivity contribution in [1.82, 2.24) is 9.97 Å². The SMILES string of the molecule is Cc1ccc(NC(=O)C=Cc2ccccn2)cc1NC(=O)c1ccncc1. The van der Waals surface area contributed by atoms with Crippen molar-refractivity contribution in [1.29, 1.82) is 0 Å². The highest BCUT2D eigenvalue weighted by Crippen LogP contribution is 2.21. The van der Waals surface area contributed by atoms with Gasteiger partial charge in [0.15, 0.2) is 0 Å². The lowest BCUT2D eigenvalue weighted by molar-refractivity contribution is -0.111. The van der Waals surface area contributed by atoms with Gasteiger partial charge in [-0.3, -0.25) is 19.6 Å². The van der Waals surface area contributed by atoms with Crippen LogP contribution in [-0.4, -0.2) is 21.8 Å². The molecule has 0 bridgehead atoms. The van der Waals surface area contributed by atoms with Crippen LogP contribution < -0.4 is 10.6 Å². The van der Waals surface area contributed by atoms with Crippen LogP contribution in [0.3, 0.4) is 0 Å². The van der Waals surface area contributed by atoms with E-state index < -0.39 is 0 Å². The monoisotopic (exact) mass is 358 g/mol. The summed E-state index contributed by atoms with van der Waals surface area (Å²) >= 11 is 0. The van der Waals surface area contributed by atoms with Gasteiger partial charge in [-0.05, 0) is 55.0 Å². The minimum Gasteiger partial charge on any atom is -0.322 e. The van der Waals surface area contributed by atoms with E-state index in [0.717, 1.165) is 5.56 Å². The van der Waals surface area contributed by atoms with Crippen molar-refractivity contribution in [3.05, 3.63) is 90.0 Å². The largest absolute Gasteiger partial charge is 0.322 e. The van der Waals surface area contributed by atoms with Gasteiger partial charge >= 0.3 is 0 Å². The van der Waals surface area contributed by atoms with E-state index in [0.29, 0.717) is 22.6 Å². The predicted molar refractivity (Wildman–Crippen MR) is 105 cm³/mol. The number of anilines is 2. The van der Waals surface area contributed by atoms with E-state index in [1.54, 1.807) is 48.9 Å². The van der Waals surface area contributed by atoms with Gasteiger partial charge < -0.3 is 10.6 Å². The molecule has 6 heteroatoms. The van der Waals surface area contributed by atoms with E-state index in [4.69, 9.17) is 0 Å². The molecule has 0 aliphatic rings. The number of carbonyl (C=O) groups is 2. The van der Waals surface area contributed by atoms with E-state index in [9.17, 15) is 9.59 Å². The second-order valence-corrected chi connectivity index (χ2v) is 5.80. The van der Waals surface area contributed by atoms with E-state index in [-0.39, 0.29) is 11.8 Å². The Kier molecular flexibility index (Phi) is 5.69. The fourth-order valence-corrected chi connectivity index (χ4v) is 2.35.